The lowest BCUT2D eigenvalue weighted by Crippen LogP contribution is -2.33. The molecule has 1 heterocycles. The van der Waals surface area contributed by atoms with Gasteiger partial charge in [-0.1, -0.05) is 19.4 Å². The number of carboxylic acids is 1. The SMILES string of the molecule is CCCC(C)(C(=O)O)c1cccc(Br)n1. The van der Waals surface area contributed by atoms with Crippen molar-refractivity contribution in [2.45, 2.75) is 32.1 Å². The van der Waals surface area contributed by atoms with Crippen LogP contribution >= 0.6 is 15.9 Å². The largest absolute Gasteiger partial charge is 0.481 e. The highest BCUT2D eigenvalue weighted by atomic mass is 79.9. The molecule has 0 aliphatic carbocycles. The first kappa shape index (κ1) is 12.2. The van der Waals surface area contributed by atoms with Crippen LogP contribution in [-0.2, 0) is 10.2 Å². The molecule has 0 aliphatic rings. The van der Waals surface area contributed by atoms with Gasteiger partial charge in [0.1, 0.15) is 10.0 Å². The molecule has 3 nitrogen and oxygen atoms in total. The quantitative estimate of drug-likeness (QED) is 0.857. The van der Waals surface area contributed by atoms with E-state index < -0.39 is 11.4 Å². The van der Waals surface area contributed by atoms with Crippen molar-refractivity contribution >= 4 is 21.9 Å². The molecule has 1 unspecified atom stereocenters. The fraction of sp³-hybridized carbons (Fsp3) is 0.455. The van der Waals surface area contributed by atoms with E-state index in [9.17, 15) is 9.90 Å². The van der Waals surface area contributed by atoms with Crippen LogP contribution < -0.4 is 0 Å². The Labute approximate surface area is 97.7 Å². The van der Waals surface area contributed by atoms with E-state index >= 15 is 0 Å². The zero-order valence-corrected chi connectivity index (χ0v) is 10.4. The summed E-state index contributed by atoms with van der Waals surface area (Å²) in [6, 6.07) is 5.36. The fourth-order valence-corrected chi connectivity index (χ4v) is 1.90. The molecule has 0 aromatic carbocycles. The Morgan fingerprint density at radius 3 is 2.73 bits per heavy atom. The zero-order valence-electron chi connectivity index (χ0n) is 8.83. The second kappa shape index (κ2) is 4.75. The summed E-state index contributed by atoms with van der Waals surface area (Å²) < 4.78 is 0.670. The lowest BCUT2D eigenvalue weighted by molar-refractivity contribution is -0.143. The number of halogens is 1. The Morgan fingerprint density at radius 2 is 2.27 bits per heavy atom. The van der Waals surface area contributed by atoms with Crippen molar-refractivity contribution in [2.24, 2.45) is 0 Å². The summed E-state index contributed by atoms with van der Waals surface area (Å²) in [5.41, 5.74) is -0.287. The highest BCUT2D eigenvalue weighted by Crippen LogP contribution is 2.28. The molecule has 0 aliphatic heterocycles. The van der Waals surface area contributed by atoms with Gasteiger partial charge in [0.15, 0.2) is 0 Å². The average molecular weight is 272 g/mol. The van der Waals surface area contributed by atoms with Gasteiger partial charge >= 0.3 is 5.97 Å². The van der Waals surface area contributed by atoms with Crippen molar-refractivity contribution in [1.82, 2.24) is 4.98 Å². The molecule has 0 spiro atoms. The van der Waals surface area contributed by atoms with Crippen molar-refractivity contribution in [3.63, 3.8) is 0 Å². The smallest absolute Gasteiger partial charge is 0.315 e. The Balaban J connectivity index is 3.15. The number of hydrogen-bond acceptors (Lipinski definition) is 2. The number of hydrogen-bond donors (Lipinski definition) is 1. The molecule has 4 heteroatoms. The maximum absolute atomic E-state index is 11.3. The molecule has 1 atom stereocenters. The van der Waals surface area contributed by atoms with E-state index in [1.54, 1.807) is 19.1 Å². The fourth-order valence-electron chi connectivity index (χ4n) is 1.56. The first-order valence-corrected chi connectivity index (χ1v) is 5.66. The van der Waals surface area contributed by atoms with Crippen molar-refractivity contribution < 1.29 is 9.90 Å². The Bertz CT molecular complexity index is 367. The first-order chi connectivity index (χ1) is 7.00. The molecular formula is C11H14BrNO2. The van der Waals surface area contributed by atoms with Crippen molar-refractivity contribution in [3.05, 3.63) is 28.5 Å². The monoisotopic (exact) mass is 271 g/mol. The Kier molecular flexibility index (Phi) is 3.85. The van der Waals surface area contributed by atoms with Crippen LogP contribution in [0.4, 0.5) is 0 Å². The van der Waals surface area contributed by atoms with Gasteiger partial charge in [0.05, 0.1) is 5.69 Å². The van der Waals surface area contributed by atoms with Crippen molar-refractivity contribution in [3.8, 4) is 0 Å². The molecular weight excluding hydrogens is 258 g/mol. The molecule has 1 N–H and O–H groups in total. The summed E-state index contributed by atoms with van der Waals surface area (Å²) in [6.45, 7) is 3.69. The molecule has 1 rings (SSSR count). The van der Waals surface area contributed by atoms with E-state index in [1.165, 1.54) is 0 Å². The predicted octanol–water partition coefficient (Wildman–Crippen LogP) is 2.99. The van der Waals surface area contributed by atoms with Crippen LogP contribution in [0.1, 0.15) is 32.4 Å². The number of pyridine rings is 1. The maximum atomic E-state index is 11.3. The average Bonchev–Trinajstić information content (AvgIpc) is 2.17. The molecule has 0 amide bonds. The van der Waals surface area contributed by atoms with Gasteiger partial charge < -0.3 is 5.11 Å². The van der Waals surface area contributed by atoms with Crippen LogP contribution in [0.3, 0.4) is 0 Å². The third kappa shape index (κ3) is 2.56. The van der Waals surface area contributed by atoms with E-state index in [0.717, 1.165) is 6.42 Å². The van der Waals surface area contributed by atoms with Gasteiger partial charge in [-0.25, -0.2) is 4.98 Å². The third-order valence-electron chi connectivity index (χ3n) is 2.50. The topological polar surface area (TPSA) is 50.2 Å². The standard InChI is InChI=1S/C11H14BrNO2/c1-3-7-11(2,10(14)15)8-5-4-6-9(12)13-8/h4-6H,3,7H2,1-2H3,(H,14,15). The minimum atomic E-state index is -0.890. The summed E-state index contributed by atoms with van der Waals surface area (Å²) in [7, 11) is 0. The highest BCUT2D eigenvalue weighted by Gasteiger charge is 2.35. The van der Waals surface area contributed by atoms with Gasteiger partial charge in [-0.3, -0.25) is 4.79 Å². The lowest BCUT2D eigenvalue weighted by atomic mass is 9.82. The minimum absolute atomic E-state index is 0.589. The van der Waals surface area contributed by atoms with Gasteiger partial charge in [0.2, 0.25) is 0 Å². The summed E-state index contributed by atoms with van der Waals surface area (Å²) in [4.78, 5) is 15.5. The van der Waals surface area contributed by atoms with E-state index in [-0.39, 0.29) is 0 Å². The summed E-state index contributed by atoms with van der Waals surface area (Å²) >= 11 is 3.25. The normalized spacial score (nSPS) is 14.6. The number of carboxylic acid groups (broad SMARTS) is 1. The van der Waals surface area contributed by atoms with Crippen LogP contribution in [-0.4, -0.2) is 16.1 Å². The van der Waals surface area contributed by atoms with Crippen LogP contribution in [0.15, 0.2) is 22.8 Å². The lowest BCUT2D eigenvalue weighted by Gasteiger charge is -2.23. The molecule has 0 saturated carbocycles. The Hall–Kier alpha value is -0.900. The summed E-state index contributed by atoms with van der Waals surface area (Å²) in [5.74, 6) is -0.824. The molecule has 0 fully saturated rings. The van der Waals surface area contributed by atoms with Crippen LogP contribution in [0.2, 0.25) is 0 Å². The van der Waals surface area contributed by atoms with Crippen molar-refractivity contribution in [2.75, 3.05) is 0 Å². The second-order valence-corrected chi connectivity index (χ2v) is 4.55. The maximum Gasteiger partial charge on any atom is 0.315 e. The van der Waals surface area contributed by atoms with Crippen molar-refractivity contribution in [1.29, 1.82) is 0 Å². The zero-order chi connectivity index (χ0) is 11.5. The number of aliphatic carboxylic acids is 1. The molecule has 1 aromatic rings. The van der Waals surface area contributed by atoms with Gasteiger partial charge in [-0.2, -0.15) is 0 Å². The molecule has 82 valence electrons. The van der Waals surface area contributed by atoms with Gasteiger partial charge in [0, 0.05) is 0 Å². The number of nitrogens with zero attached hydrogens (tertiary/aromatic N) is 1. The van der Waals surface area contributed by atoms with Crippen LogP contribution in [0.5, 0.6) is 0 Å². The summed E-state index contributed by atoms with van der Waals surface area (Å²) in [5, 5.41) is 9.25. The Morgan fingerprint density at radius 1 is 1.60 bits per heavy atom. The molecule has 1 aromatic heterocycles. The number of rotatable bonds is 4. The van der Waals surface area contributed by atoms with Gasteiger partial charge in [0.25, 0.3) is 0 Å². The minimum Gasteiger partial charge on any atom is -0.481 e. The van der Waals surface area contributed by atoms with E-state index in [4.69, 9.17) is 0 Å². The van der Waals surface area contributed by atoms with Gasteiger partial charge in [-0.05, 0) is 41.4 Å². The molecule has 0 saturated heterocycles. The van der Waals surface area contributed by atoms with Crippen LogP contribution in [0.25, 0.3) is 0 Å². The predicted molar refractivity (Wildman–Crippen MR) is 61.8 cm³/mol. The molecule has 0 radical (unpaired) electrons. The van der Waals surface area contributed by atoms with E-state index in [0.29, 0.717) is 16.7 Å². The highest BCUT2D eigenvalue weighted by molar-refractivity contribution is 9.10. The molecule has 0 bridgehead atoms. The number of aromatic nitrogens is 1. The number of carbonyl (C=O) groups is 1. The van der Waals surface area contributed by atoms with E-state index in [2.05, 4.69) is 20.9 Å². The summed E-state index contributed by atoms with van der Waals surface area (Å²) in [6.07, 6.45) is 1.41. The first-order valence-electron chi connectivity index (χ1n) is 4.87. The van der Waals surface area contributed by atoms with Crippen LogP contribution in [0, 0.1) is 0 Å². The van der Waals surface area contributed by atoms with Gasteiger partial charge in [-0.15, -0.1) is 0 Å². The molecule has 15 heavy (non-hydrogen) atoms. The van der Waals surface area contributed by atoms with E-state index in [1.807, 2.05) is 13.0 Å². The second-order valence-electron chi connectivity index (χ2n) is 3.73. The third-order valence-corrected chi connectivity index (χ3v) is 2.94.